The molecule has 0 spiro atoms. The average molecular weight is 291 g/mol. The van der Waals surface area contributed by atoms with Crippen LogP contribution in [0.15, 0.2) is 30.3 Å². The normalized spacial score (nSPS) is 16.9. The van der Waals surface area contributed by atoms with Crippen LogP contribution in [-0.2, 0) is 16.2 Å². The first kappa shape index (κ1) is 15.9. The zero-order valence-corrected chi connectivity index (χ0v) is 12.9. The van der Waals surface area contributed by atoms with Gasteiger partial charge in [0.1, 0.15) is 0 Å². The van der Waals surface area contributed by atoms with Crippen LogP contribution in [0.3, 0.4) is 0 Å². The first-order chi connectivity index (χ1) is 10.1. The maximum Gasteiger partial charge on any atom is 0.236 e. The zero-order chi connectivity index (χ0) is 15.1. The quantitative estimate of drug-likeness (QED) is 0.802. The maximum atomic E-state index is 11.7. The van der Waals surface area contributed by atoms with E-state index in [1.54, 1.807) is 19.0 Å². The van der Waals surface area contributed by atoms with Crippen molar-refractivity contribution < 1.29 is 9.63 Å². The van der Waals surface area contributed by atoms with Crippen molar-refractivity contribution in [3.8, 4) is 0 Å². The molecule has 5 nitrogen and oxygen atoms in total. The number of amides is 1. The fourth-order valence-corrected chi connectivity index (χ4v) is 2.36. The molecule has 0 unspecified atom stereocenters. The van der Waals surface area contributed by atoms with Gasteiger partial charge in [0.25, 0.3) is 0 Å². The predicted molar refractivity (Wildman–Crippen MR) is 82.5 cm³/mol. The highest BCUT2D eigenvalue weighted by atomic mass is 16.6. The van der Waals surface area contributed by atoms with E-state index in [2.05, 4.69) is 22.5 Å². The van der Waals surface area contributed by atoms with Crippen molar-refractivity contribution in [3.63, 3.8) is 0 Å². The highest BCUT2D eigenvalue weighted by Crippen LogP contribution is 2.10. The number of piperidine rings is 1. The monoisotopic (exact) mass is 291 g/mol. The lowest BCUT2D eigenvalue weighted by atomic mass is 10.1. The number of nitrogens with zero attached hydrogens (tertiary/aromatic N) is 2. The molecule has 0 saturated carbocycles. The van der Waals surface area contributed by atoms with Crippen molar-refractivity contribution in [1.82, 2.24) is 15.3 Å². The van der Waals surface area contributed by atoms with Gasteiger partial charge in [-0.25, -0.2) is 0 Å². The largest absolute Gasteiger partial charge is 0.348 e. The number of carbonyl (C=O) groups excluding carboxylic acids is 1. The third kappa shape index (κ3) is 5.46. The highest BCUT2D eigenvalue weighted by Gasteiger charge is 2.21. The lowest BCUT2D eigenvalue weighted by Gasteiger charge is -2.32. The Bertz CT molecular complexity index is 428. The Balaban J connectivity index is 1.62. The van der Waals surface area contributed by atoms with E-state index < -0.39 is 0 Å². The number of carbonyl (C=O) groups is 1. The Labute approximate surface area is 126 Å². The molecular formula is C16H25N3O2. The van der Waals surface area contributed by atoms with Gasteiger partial charge in [0.05, 0.1) is 13.2 Å². The molecule has 1 aliphatic heterocycles. The van der Waals surface area contributed by atoms with Crippen molar-refractivity contribution in [2.24, 2.45) is 0 Å². The Morgan fingerprint density at radius 3 is 2.57 bits per heavy atom. The van der Waals surface area contributed by atoms with Crippen molar-refractivity contribution in [2.75, 3.05) is 33.7 Å². The molecule has 1 amide bonds. The highest BCUT2D eigenvalue weighted by molar-refractivity contribution is 5.77. The minimum atomic E-state index is 0.168. The molecule has 1 heterocycles. The number of likely N-dealkylation sites (tertiary alicyclic amines) is 1. The minimum Gasteiger partial charge on any atom is -0.348 e. The van der Waals surface area contributed by atoms with E-state index in [4.69, 9.17) is 4.84 Å². The molecule has 1 saturated heterocycles. The summed E-state index contributed by atoms with van der Waals surface area (Å²) in [5.74, 6) is 0.168. The van der Waals surface area contributed by atoms with E-state index in [1.807, 2.05) is 18.2 Å². The van der Waals surface area contributed by atoms with Gasteiger partial charge >= 0.3 is 0 Å². The molecule has 1 aliphatic rings. The van der Waals surface area contributed by atoms with Gasteiger partial charge in [-0.05, 0) is 18.4 Å². The molecular weight excluding hydrogens is 266 g/mol. The third-order valence-corrected chi connectivity index (χ3v) is 3.78. The summed E-state index contributed by atoms with van der Waals surface area (Å²) in [6, 6.07) is 10.5. The van der Waals surface area contributed by atoms with Crippen molar-refractivity contribution in [1.29, 1.82) is 0 Å². The van der Waals surface area contributed by atoms with Gasteiger partial charge in [-0.2, -0.15) is 5.48 Å². The van der Waals surface area contributed by atoms with E-state index in [9.17, 15) is 4.79 Å². The molecule has 1 N–H and O–H groups in total. The lowest BCUT2D eigenvalue weighted by Crippen LogP contribution is -2.45. The molecule has 21 heavy (non-hydrogen) atoms. The fraction of sp³-hybridized carbons (Fsp3) is 0.562. The van der Waals surface area contributed by atoms with Crippen LogP contribution in [-0.4, -0.2) is 55.5 Å². The van der Waals surface area contributed by atoms with Gasteiger partial charge in [0.15, 0.2) is 0 Å². The molecule has 2 rings (SSSR count). The van der Waals surface area contributed by atoms with Crippen LogP contribution in [0, 0.1) is 0 Å². The Kier molecular flexibility index (Phi) is 6.17. The Morgan fingerprint density at radius 2 is 1.95 bits per heavy atom. The first-order valence-electron chi connectivity index (χ1n) is 7.49. The standard InChI is InChI=1S/C16H25N3O2/c1-18(2)16(20)12-19-10-8-15(9-11-19)17-21-13-14-6-4-3-5-7-14/h3-7,15,17H,8-13H2,1-2H3. The second kappa shape index (κ2) is 8.12. The van der Waals surface area contributed by atoms with Crippen LogP contribution in [0.25, 0.3) is 0 Å². The Morgan fingerprint density at radius 1 is 1.29 bits per heavy atom. The molecule has 1 fully saturated rings. The van der Waals surface area contributed by atoms with E-state index >= 15 is 0 Å². The van der Waals surface area contributed by atoms with Crippen LogP contribution >= 0.6 is 0 Å². The summed E-state index contributed by atoms with van der Waals surface area (Å²) in [6.45, 7) is 2.97. The number of likely N-dealkylation sites (N-methyl/N-ethyl adjacent to an activating group) is 1. The zero-order valence-electron chi connectivity index (χ0n) is 12.9. The first-order valence-corrected chi connectivity index (χ1v) is 7.49. The van der Waals surface area contributed by atoms with Gasteiger partial charge in [-0.1, -0.05) is 30.3 Å². The summed E-state index contributed by atoms with van der Waals surface area (Å²) in [5.41, 5.74) is 4.31. The van der Waals surface area contributed by atoms with Crippen LogP contribution in [0.4, 0.5) is 0 Å². The molecule has 0 bridgehead atoms. The molecule has 5 heteroatoms. The molecule has 0 aliphatic carbocycles. The second-order valence-electron chi connectivity index (χ2n) is 5.73. The summed E-state index contributed by atoms with van der Waals surface area (Å²) in [4.78, 5) is 21.1. The molecule has 0 atom stereocenters. The molecule has 116 valence electrons. The smallest absolute Gasteiger partial charge is 0.236 e. The summed E-state index contributed by atoms with van der Waals surface area (Å²) in [5, 5.41) is 0. The van der Waals surface area contributed by atoms with Crippen LogP contribution < -0.4 is 5.48 Å². The number of nitrogens with one attached hydrogen (secondary N) is 1. The van der Waals surface area contributed by atoms with Crippen molar-refractivity contribution >= 4 is 5.91 Å². The lowest BCUT2D eigenvalue weighted by molar-refractivity contribution is -0.130. The maximum absolute atomic E-state index is 11.7. The molecule has 1 aromatic rings. The summed E-state index contributed by atoms with van der Waals surface area (Å²) in [6.07, 6.45) is 2.02. The van der Waals surface area contributed by atoms with Crippen LogP contribution in [0.2, 0.25) is 0 Å². The Hall–Kier alpha value is -1.43. The number of hydrogen-bond acceptors (Lipinski definition) is 4. The van der Waals surface area contributed by atoms with Crippen LogP contribution in [0.5, 0.6) is 0 Å². The van der Waals surface area contributed by atoms with Gasteiger partial charge in [-0.3, -0.25) is 14.5 Å². The van der Waals surface area contributed by atoms with Crippen molar-refractivity contribution in [3.05, 3.63) is 35.9 Å². The predicted octanol–water partition coefficient (Wildman–Crippen LogP) is 1.26. The third-order valence-electron chi connectivity index (χ3n) is 3.78. The van der Waals surface area contributed by atoms with E-state index in [0.717, 1.165) is 25.9 Å². The fourth-order valence-electron chi connectivity index (χ4n) is 2.36. The minimum absolute atomic E-state index is 0.168. The van der Waals surface area contributed by atoms with Gasteiger partial charge in [0, 0.05) is 33.2 Å². The van der Waals surface area contributed by atoms with Crippen LogP contribution in [0.1, 0.15) is 18.4 Å². The number of hydrogen-bond donors (Lipinski definition) is 1. The summed E-state index contributed by atoms with van der Waals surface area (Å²) in [7, 11) is 3.60. The van der Waals surface area contributed by atoms with Gasteiger partial charge in [0.2, 0.25) is 5.91 Å². The van der Waals surface area contributed by atoms with E-state index in [1.165, 1.54) is 5.56 Å². The number of rotatable bonds is 6. The van der Waals surface area contributed by atoms with E-state index in [0.29, 0.717) is 19.2 Å². The van der Waals surface area contributed by atoms with Gasteiger partial charge in [-0.15, -0.1) is 0 Å². The molecule has 0 aromatic heterocycles. The van der Waals surface area contributed by atoms with Crippen molar-refractivity contribution in [2.45, 2.75) is 25.5 Å². The van der Waals surface area contributed by atoms with E-state index in [-0.39, 0.29) is 5.91 Å². The SMILES string of the molecule is CN(C)C(=O)CN1CCC(NOCc2ccccc2)CC1. The number of hydroxylamine groups is 1. The summed E-state index contributed by atoms with van der Waals surface area (Å²) >= 11 is 0. The molecule has 1 aromatic carbocycles. The summed E-state index contributed by atoms with van der Waals surface area (Å²) < 4.78 is 0. The topological polar surface area (TPSA) is 44.8 Å². The second-order valence-corrected chi connectivity index (χ2v) is 5.73. The van der Waals surface area contributed by atoms with Gasteiger partial charge < -0.3 is 4.90 Å². The molecule has 0 radical (unpaired) electrons. The average Bonchev–Trinajstić information content (AvgIpc) is 2.50. The number of benzene rings is 1.